The van der Waals surface area contributed by atoms with Gasteiger partial charge in [-0.1, -0.05) is 0 Å². The number of carbonyl (C=O) groups excluding carboxylic acids is 1. The van der Waals surface area contributed by atoms with Crippen molar-refractivity contribution in [3.63, 3.8) is 0 Å². The summed E-state index contributed by atoms with van der Waals surface area (Å²) >= 11 is 0. The van der Waals surface area contributed by atoms with Crippen LogP contribution in [0, 0.1) is 11.7 Å². The van der Waals surface area contributed by atoms with Crippen LogP contribution in [0.5, 0.6) is 0 Å². The number of nitrogens with one attached hydrogen (secondary N) is 3. The van der Waals surface area contributed by atoms with Gasteiger partial charge in [0, 0.05) is 23.2 Å². The van der Waals surface area contributed by atoms with E-state index in [0.29, 0.717) is 11.9 Å². The summed E-state index contributed by atoms with van der Waals surface area (Å²) in [5.41, 5.74) is 3.21. The predicted molar refractivity (Wildman–Crippen MR) is 100 cm³/mol. The first-order chi connectivity index (χ1) is 12.6. The lowest BCUT2D eigenvalue weighted by molar-refractivity contribution is -0.120. The molecule has 2 aromatic carbocycles. The summed E-state index contributed by atoms with van der Waals surface area (Å²) in [7, 11) is 0. The molecule has 0 unspecified atom stereocenters. The molecule has 6 heteroatoms. The van der Waals surface area contributed by atoms with Gasteiger partial charge < -0.3 is 15.6 Å². The van der Waals surface area contributed by atoms with Crippen molar-refractivity contribution in [3.05, 3.63) is 48.3 Å². The van der Waals surface area contributed by atoms with Gasteiger partial charge in [0.15, 0.2) is 0 Å². The van der Waals surface area contributed by atoms with E-state index in [1.807, 2.05) is 18.2 Å². The lowest BCUT2D eigenvalue weighted by Gasteiger charge is -2.27. The van der Waals surface area contributed by atoms with E-state index in [0.717, 1.165) is 41.7 Å². The lowest BCUT2D eigenvalue weighted by Crippen LogP contribution is -2.40. The topological polar surface area (TPSA) is 69.8 Å². The zero-order valence-corrected chi connectivity index (χ0v) is 14.6. The van der Waals surface area contributed by atoms with Gasteiger partial charge in [0.1, 0.15) is 11.6 Å². The van der Waals surface area contributed by atoms with Crippen molar-refractivity contribution in [1.29, 1.82) is 0 Å². The van der Waals surface area contributed by atoms with Crippen LogP contribution in [0.4, 0.5) is 10.1 Å². The highest BCUT2D eigenvalue weighted by molar-refractivity contribution is 5.95. The van der Waals surface area contributed by atoms with Gasteiger partial charge in [-0.3, -0.25) is 4.79 Å². The Labute approximate surface area is 151 Å². The first kappa shape index (κ1) is 16.7. The summed E-state index contributed by atoms with van der Waals surface area (Å²) < 4.78 is 13.1. The molecule has 134 valence electrons. The smallest absolute Gasteiger partial charge is 0.227 e. The lowest BCUT2D eigenvalue weighted by atomic mass is 9.92. The summed E-state index contributed by atoms with van der Waals surface area (Å²) in [5.74, 6) is 0.507. The van der Waals surface area contributed by atoms with E-state index >= 15 is 0 Å². The van der Waals surface area contributed by atoms with Crippen LogP contribution in [0.1, 0.15) is 19.8 Å². The number of amides is 1. The van der Waals surface area contributed by atoms with Gasteiger partial charge in [0.2, 0.25) is 5.91 Å². The average molecular weight is 352 g/mol. The summed E-state index contributed by atoms with van der Waals surface area (Å²) in [6.45, 7) is 2.98. The second kappa shape index (κ2) is 6.88. The highest BCUT2D eigenvalue weighted by Gasteiger charge is 2.24. The Morgan fingerprint density at radius 3 is 2.81 bits per heavy atom. The number of rotatable bonds is 3. The maximum absolute atomic E-state index is 13.1. The minimum absolute atomic E-state index is 0.0403. The first-order valence-electron chi connectivity index (χ1n) is 8.88. The zero-order valence-electron chi connectivity index (χ0n) is 14.6. The molecule has 1 fully saturated rings. The molecular weight excluding hydrogens is 331 g/mol. The molecule has 0 spiro atoms. The van der Waals surface area contributed by atoms with Crippen molar-refractivity contribution < 1.29 is 9.18 Å². The van der Waals surface area contributed by atoms with Crippen molar-refractivity contribution in [2.45, 2.75) is 25.8 Å². The molecule has 1 aliphatic heterocycles. The second-order valence-electron chi connectivity index (χ2n) is 6.89. The molecule has 0 aliphatic carbocycles. The number of carbonyl (C=O) groups is 1. The van der Waals surface area contributed by atoms with Crippen LogP contribution in [0.2, 0.25) is 0 Å². The van der Waals surface area contributed by atoms with E-state index in [9.17, 15) is 9.18 Å². The Morgan fingerprint density at radius 2 is 2.04 bits per heavy atom. The van der Waals surface area contributed by atoms with Crippen molar-refractivity contribution in [3.8, 4) is 11.4 Å². The number of nitrogens with zero attached hydrogens (tertiary/aromatic N) is 1. The van der Waals surface area contributed by atoms with Gasteiger partial charge in [0.25, 0.3) is 0 Å². The third kappa shape index (κ3) is 3.46. The minimum Gasteiger partial charge on any atom is -0.338 e. The van der Waals surface area contributed by atoms with Gasteiger partial charge >= 0.3 is 0 Å². The number of aromatic amines is 1. The maximum Gasteiger partial charge on any atom is 0.227 e. The average Bonchev–Trinajstić information content (AvgIpc) is 3.05. The molecule has 1 aromatic heterocycles. The normalized spacial score (nSPS) is 20.2. The number of halogens is 1. The monoisotopic (exact) mass is 352 g/mol. The van der Waals surface area contributed by atoms with Crippen LogP contribution in [0.3, 0.4) is 0 Å². The standard InChI is InChI=1S/C20H21FN4O/c1-12-10-14(8-9-22-12)20(26)23-16-6-7-17-18(11-16)25-19(24-17)13-2-4-15(21)5-3-13/h2-7,11-12,14,22H,8-10H2,1H3,(H,23,26)(H,24,25)/t12-,14-/m0/s1. The molecule has 3 aromatic rings. The van der Waals surface area contributed by atoms with E-state index in [2.05, 4.69) is 27.5 Å². The summed E-state index contributed by atoms with van der Waals surface area (Å²) in [6, 6.07) is 12.2. The van der Waals surface area contributed by atoms with E-state index < -0.39 is 0 Å². The molecule has 0 radical (unpaired) electrons. The van der Waals surface area contributed by atoms with Gasteiger partial charge in [-0.2, -0.15) is 0 Å². The van der Waals surface area contributed by atoms with Crippen LogP contribution < -0.4 is 10.6 Å². The van der Waals surface area contributed by atoms with Crippen LogP contribution in [0.25, 0.3) is 22.4 Å². The Balaban J connectivity index is 1.54. The van der Waals surface area contributed by atoms with E-state index in [1.54, 1.807) is 12.1 Å². The van der Waals surface area contributed by atoms with Gasteiger partial charge in [0.05, 0.1) is 11.0 Å². The number of imidazole rings is 1. The highest BCUT2D eigenvalue weighted by atomic mass is 19.1. The molecule has 1 saturated heterocycles. The molecule has 0 bridgehead atoms. The number of fused-ring (bicyclic) bond motifs is 1. The maximum atomic E-state index is 13.1. The number of benzene rings is 2. The molecular formula is C20H21FN4O. The van der Waals surface area contributed by atoms with Crippen LogP contribution in [0.15, 0.2) is 42.5 Å². The SMILES string of the molecule is C[C@H]1C[C@@H](C(=O)Nc2ccc3nc(-c4ccc(F)cc4)[nH]c3c2)CCN1. The van der Waals surface area contributed by atoms with Crippen LogP contribution in [-0.2, 0) is 4.79 Å². The summed E-state index contributed by atoms with van der Waals surface area (Å²) in [4.78, 5) is 20.3. The van der Waals surface area contributed by atoms with Crippen LogP contribution >= 0.6 is 0 Å². The quantitative estimate of drug-likeness (QED) is 0.673. The molecule has 0 saturated carbocycles. The number of H-pyrrole nitrogens is 1. The van der Waals surface area contributed by atoms with Crippen LogP contribution in [-0.4, -0.2) is 28.5 Å². The summed E-state index contributed by atoms with van der Waals surface area (Å²) in [5, 5.41) is 6.38. The molecule has 1 aliphatic rings. The highest BCUT2D eigenvalue weighted by Crippen LogP contribution is 2.24. The van der Waals surface area contributed by atoms with Gasteiger partial charge in [-0.15, -0.1) is 0 Å². The molecule has 3 N–H and O–H groups in total. The number of anilines is 1. The van der Waals surface area contributed by atoms with E-state index in [4.69, 9.17) is 0 Å². The number of aromatic nitrogens is 2. The molecule has 4 rings (SSSR count). The van der Waals surface area contributed by atoms with Crippen molar-refractivity contribution in [2.75, 3.05) is 11.9 Å². The van der Waals surface area contributed by atoms with Crippen molar-refractivity contribution in [1.82, 2.24) is 15.3 Å². The summed E-state index contributed by atoms with van der Waals surface area (Å²) in [6.07, 6.45) is 1.71. The molecule has 1 amide bonds. The van der Waals surface area contributed by atoms with Gasteiger partial charge in [-0.25, -0.2) is 9.37 Å². The second-order valence-corrected chi connectivity index (χ2v) is 6.89. The Bertz CT molecular complexity index is 935. The Kier molecular flexibility index (Phi) is 4.42. The van der Waals surface area contributed by atoms with E-state index in [-0.39, 0.29) is 17.6 Å². The first-order valence-corrected chi connectivity index (χ1v) is 8.88. The van der Waals surface area contributed by atoms with Gasteiger partial charge in [-0.05, 0) is 68.8 Å². The minimum atomic E-state index is -0.276. The fraction of sp³-hybridized carbons (Fsp3) is 0.300. The zero-order chi connectivity index (χ0) is 18.1. The van der Waals surface area contributed by atoms with Crippen molar-refractivity contribution in [2.24, 2.45) is 5.92 Å². The van der Waals surface area contributed by atoms with E-state index in [1.165, 1.54) is 12.1 Å². The number of piperidine rings is 1. The Hall–Kier alpha value is -2.73. The van der Waals surface area contributed by atoms with Crippen molar-refractivity contribution >= 4 is 22.6 Å². The largest absolute Gasteiger partial charge is 0.338 e. The fourth-order valence-electron chi connectivity index (χ4n) is 3.45. The molecule has 26 heavy (non-hydrogen) atoms. The molecule has 2 atom stereocenters. The molecule has 2 heterocycles. The fourth-order valence-corrected chi connectivity index (χ4v) is 3.45. The molecule has 5 nitrogen and oxygen atoms in total. The number of hydrogen-bond donors (Lipinski definition) is 3. The third-order valence-corrected chi connectivity index (χ3v) is 4.86. The Morgan fingerprint density at radius 1 is 1.23 bits per heavy atom. The number of hydrogen-bond acceptors (Lipinski definition) is 3. The third-order valence-electron chi connectivity index (χ3n) is 4.86. The predicted octanol–water partition coefficient (Wildman–Crippen LogP) is 3.70.